The number of carbonyl (C=O) groups excluding carboxylic acids is 1. The summed E-state index contributed by atoms with van der Waals surface area (Å²) in [6.45, 7) is 6.77. The van der Waals surface area contributed by atoms with Crippen LogP contribution in [0.2, 0.25) is 0 Å². The zero-order valence-electron chi connectivity index (χ0n) is 12.2. The topological polar surface area (TPSA) is 94.2 Å². The molecular formula is C12H25N5O2. The molecule has 1 fully saturated rings. The van der Waals surface area contributed by atoms with Crippen LogP contribution in [-0.2, 0) is 4.79 Å². The van der Waals surface area contributed by atoms with Crippen molar-refractivity contribution < 1.29 is 10.0 Å². The second-order valence-electron chi connectivity index (χ2n) is 5.72. The van der Waals surface area contributed by atoms with Gasteiger partial charge in [-0.05, 0) is 27.9 Å². The number of hydrogen-bond donors (Lipinski definition) is 3. The van der Waals surface area contributed by atoms with E-state index >= 15 is 0 Å². The van der Waals surface area contributed by atoms with E-state index in [0.717, 1.165) is 19.6 Å². The lowest BCUT2D eigenvalue weighted by Gasteiger charge is -2.38. The lowest BCUT2D eigenvalue weighted by Crippen LogP contribution is -2.56. The number of oxime groups is 1. The van der Waals surface area contributed by atoms with Gasteiger partial charge in [0, 0.05) is 32.2 Å². The Morgan fingerprint density at radius 3 is 2.68 bits per heavy atom. The van der Waals surface area contributed by atoms with Crippen LogP contribution in [0.1, 0.15) is 13.8 Å². The second-order valence-corrected chi connectivity index (χ2v) is 5.72. The van der Waals surface area contributed by atoms with Crippen molar-refractivity contribution in [3.05, 3.63) is 0 Å². The normalized spacial score (nSPS) is 23.4. The van der Waals surface area contributed by atoms with Gasteiger partial charge in [0.2, 0.25) is 5.91 Å². The Labute approximate surface area is 114 Å². The number of piperazine rings is 1. The van der Waals surface area contributed by atoms with E-state index in [9.17, 15) is 4.79 Å². The first-order chi connectivity index (χ1) is 8.78. The first-order valence-electron chi connectivity index (χ1n) is 6.44. The zero-order chi connectivity index (χ0) is 14.6. The molecule has 0 spiro atoms. The number of carbonyl (C=O) groups is 1. The summed E-state index contributed by atoms with van der Waals surface area (Å²) >= 11 is 0. The second kappa shape index (κ2) is 6.21. The number of likely N-dealkylation sites (N-methyl/N-ethyl adjacent to an activating group) is 2. The molecule has 4 N–H and O–H groups in total. The Kier molecular flexibility index (Phi) is 5.13. The van der Waals surface area contributed by atoms with Gasteiger partial charge >= 0.3 is 0 Å². The summed E-state index contributed by atoms with van der Waals surface area (Å²) in [6.07, 6.45) is 0. The number of amidine groups is 1. The largest absolute Gasteiger partial charge is 0.409 e. The fourth-order valence-electron chi connectivity index (χ4n) is 1.99. The first-order valence-corrected chi connectivity index (χ1v) is 6.44. The molecule has 0 saturated carbocycles. The average Bonchev–Trinajstić information content (AvgIpc) is 2.38. The Morgan fingerprint density at radius 2 is 2.11 bits per heavy atom. The molecule has 0 aliphatic carbocycles. The summed E-state index contributed by atoms with van der Waals surface area (Å²) in [4.78, 5) is 16.6. The summed E-state index contributed by atoms with van der Waals surface area (Å²) in [5.41, 5.74) is 4.52. The fourth-order valence-corrected chi connectivity index (χ4v) is 1.99. The van der Waals surface area contributed by atoms with Gasteiger partial charge in [0.25, 0.3) is 0 Å². The van der Waals surface area contributed by atoms with E-state index in [4.69, 9.17) is 10.9 Å². The minimum absolute atomic E-state index is 0.0842. The number of amides is 1. The van der Waals surface area contributed by atoms with Gasteiger partial charge in [0.05, 0.1) is 0 Å². The van der Waals surface area contributed by atoms with Crippen LogP contribution in [0.5, 0.6) is 0 Å². The van der Waals surface area contributed by atoms with Crippen molar-refractivity contribution in [2.24, 2.45) is 16.3 Å². The third kappa shape index (κ3) is 3.81. The first kappa shape index (κ1) is 15.7. The molecule has 0 aromatic heterocycles. The van der Waals surface area contributed by atoms with E-state index in [0.29, 0.717) is 6.54 Å². The third-order valence-electron chi connectivity index (χ3n) is 3.79. The highest BCUT2D eigenvalue weighted by molar-refractivity contribution is 6.05. The number of nitrogens with zero attached hydrogens (tertiary/aromatic N) is 3. The summed E-state index contributed by atoms with van der Waals surface area (Å²) in [5.74, 6) is -0.316. The molecule has 1 saturated heterocycles. The molecule has 1 heterocycles. The molecule has 7 nitrogen and oxygen atoms in total. The van der Waals surface area contributed by atoms with Crippen molar-refractivity contribution >= 4 is 11.7 Å². The molecule has 1 aliphatic heterocycles. The molecule has 1 unspecified atom stereocenters. The van der Waals surface area contributed by atoms with Gasteiger partial charge in [-0.25, -0.2) is 0 Å². The summed E-state index contributed by atoms with van der Waals surface area (Å²) in [6, 6.07) is 0.283. The molecule has 0 aromatic carbocycles. The number of rotatable bonds is 4. The molecule has 0 bridgehead atoms. The van der Waals surface area contributed by atoms with Gasteiger partial charge in [-0.2, -0.15) is 0 Å². The maximum Gasteiger partial charge on any atom is 0.233 e. The van der Waals surface area contributed by atoms with Crippen LogP contribution in [0.3, 0.4) is 0 Å². The van der Waals surface area contributed by atoms with Crippen molar-refractivity contribution in [1.29, 1.82) is 0 Å². The molecule has 0 aromatic rings. The number of nitrogens with two attached hydrogens (primary N) is 1. The lowest BCUT2D eigenvalue weighted by molar-refractivity contribution is -0.126. The van der Waals surface area contributed by atoms with Crippen molar-refractivity contribution in [2.75, 3.05) is 40.3 Å². The Hall–Kier alpha value is -1.34. The molecule has 110 valence electrons. The standard InChI is InChI=1S/C12H25N5O2/c1-12(2,10(13)15-19)11(18)14-7-9-8-16(3)5-6-17(9)4/h9,19H,5-8H2,1-4H3,(H2,13,15)(H,14,18). The van der Waals surface area contributed by atoms with E-state index in [1.165, 1.54) is 0 Å². The van der Waals surface area contributed by atoms with E-state index in [1.807, 2.05) is 0 Å². The summed E-state index contributed by atoms with van der Waals surface area (Å²) in [7, 11) is 4.13. The molecule has 19 heavy (non-hydrogen) atoms. The van der Waals surface area contributed by atoms with Gasteiger partial charge in [0.15, 0.2) is 5.84 Å². The number of hydrogen-bond acceptors (Lipinski definition) is 5. The van der Waals surface area contributed by atoms with Crippen LogP contribution in [0.15, 0.2) is 5.16 Å². The van der Waals surface area contributed by atoms with Crippen molar-refractivity contribution in [3.63, 3.8) is 0 Å². The Bertz CT molecular complexity index is 356. The van der Waals surface area contributed by atoms with E-state index in [1.54, 1.807) is 13.8 Å². The lowest BCUT2D eigenvalue weighted by atomic mass is 9.91. The number of nitrogens with one attached hydrogen (secondary N) is 1. The SMILES string of the molecule is CN1CCN(C)C(CNC(=O)C(C)(C)C(N)=NO)C1. The quantitative estimate of drug-likeness (QED) is 0.267. The van der Waals surface area contributed by atoms with Crippen molar-refractivity contribution in [1.82, 2.24) is 15.1 Å². The van der Waals surface area contributed by atoms with Gasteiger partial charge in [-0.15, -0.1) is 0 Å². The van der Waals surface area contributed by atoms with Gasteiger partial charge in [-0.3, -0.25) is 9.69 Å². The highest BCUT2D eigenvalue weighted by Crippen LogP contribution is 2.15. The van der Waals surface area contributed by atoms with Gasteiger partial charge < -0.3 is 21.2 Å². The van der Waals surface area contributed by atoms with E-state index < -0.39 is 5.41 Å². The fraction of sp³-hybridized carbons (Fsp3) is 0.833. The van der Waals surface area contributed by atoms with E-state index in [-0.39, 0.29) is 17.8 Å². The minimum atomic E-state index is -1.01. The predicted octanol–water partition coefficient (Wildman–Crippen LogP) is -0.879. The predicted molar refractivity (Wildman–Crippen MR) is 74.1 cm³/mol. The molecule has 1 atom stereocenters. The molecule has 1 amide bonds. The molecule has 7 heteroatoms. The van der Waals surface area contributed by atoms with Crippen LogP contribution < -0.4 is 11.1 Å². The van der Waals surface area contributed by atoms with Crippen LogP contribution in [0.4, 0.5) is 0 Å². The monoisotopic (exact) mass is 271 g/mol. The Balaban J connectivity index is 2.54. The maximum absolute atomic E-state index is 12.1. The van der Waals surface area contributed by atoms with Gasteiger partial charge in [-0.1, -0.05) is 5.16 Å². The highest BCUT2D eigenvalue weighted by atomic mass is 16.4. The molecule has 0 radical (unpaired) electrons. The van der Waals surface area contributed by atoms with Crippen LogP contribution in [0.25, 0.3) is 0 Å². The highest BCUT2D eigenvalue weighted by Gasteiger charge is 2.33. The van der Waals surface area contributed by atoms with Crippen LogP contribution in [-0.4, -0.2) is 73.1 Å². The van der Waals surface area contributed by atoms with Gasteiger partial charge in [0.1, 0.15) is 5.41 Å². The summed E-state index contributed by atoms with van der Waals surface area (Å²) in [5, 5.41) is 14.5. The molecule has 1 rings (SSSR count). The van der Waals surface area contributed by atoms with Crippen molar-refractivity contribution in [2.45, 2.75) is 19.9 Å². The van der Waals surface area contributed by atoms with Crippen molar-refractivity contribution in [3.8, 4) is 0 Å². The molecular weight excluding hydrogens is 246 g/mol. The average molecular weight is 271 g/mol. The maximum atomic E-state index is 12.1. The minimum Gasteiger partial charge on any atom is -0.409 e. The summed E-state index contributed by atoms with van der Waals surface area (Å²) < 4.78 is 0. The smallest absolute Gasteiger partial charge is 0.233 e. The third-order valence-corrected chi connectivity index (χ3v) is 3.79. The molecule has 1 aliphatic rings. The Morgan fingerprint density at radius 1 is 1.47 bits per heavy atom. The zero-order valence-corrected chi connectivity index (χ0v) is 12.2. The van der Waals surface area contributed by atoms with Crippen LogP contribution >= 0.6 is 0 Å². The van der Waals surface area contributed by atoms with Crippen LogP contribution in [0, 0.1) is 5.41 Å². The van der Waals surface area contributed by atoms with E-state index in [2.05, 4.69) is 34.4 Å².